The summed E-state index contributed by atoms with van der Waals surface area (Å²) in [6.07, 6.45) is 4.57. The Morgan fingerprint density at radius 3 is 2.18 bits per heavy atom. The van der Waals surface area contributed by atoms with Crippen LogP contribution in [0, 0.1) is 12.8 Å². The molecular weight excluding hydrogens is 140 g/mol. The Morgan fingerprint density at radius 1 is 1.09 bits per heavy atom. The van der Waals surface area contributed by atoms with Crippen LogP contribution in [0.2, 0.25) is 0 Å². The molecule has 0 unspecified atom stereocenters. The molecule has 0 amide bonds. The third-order valence-corrected chi connectivity index (χ3v) is 2.49. The highest BCUT2D eigenvalue weighted by Gasteiger charge is 2.39. The molecule has 0 aromatic heterocycles. The van der Waals surface area contributed by atoms with Crippen LogP contribution in [0.1, 0.15) is 25.7 Å². The average Bonchev–Trinajstić information content (AvgIpc) is 2.45. The molecule has 2 rings (SSSR count). The summed E-state index contributed by atoms with van der Waals surface area (Å²) in [5.41, 5.74) is 0. The molecule has 0 atom stereocenters. The van der Waals surface area contributed by atoms with Crippen molar-refractivity contribution in [2.75, 3.05) is 13.2 Å². The molecule has 62 valence electrons. The minimum absolute atomic E-state index is 0.0845. The first-order valence-corrected chi connectivity index (χ1v) is 4.34. The van der Waals surface area contributed by atoms with E-state index in [9.17, 15) is 0 Å². The van der Waals surface area contributed by atoms with Crippen LogP contribution >= 0.6 is 0 Å². The van der Waals surface area contributed by atoms with Gasteiger partial charge in [0, 0.05) is 18.8 Å². The standard InChI is InChI=1S/C9H14O2/c1-8-6-10-9(11-7-8)4-2-3-5-9/h1,8H,2-7H2. The highest BCUT2D eigenvalue weighted by molar-refractivity contribution is 4.81. The topological polar surface area (TPSA) is 18.5 Å². The van der Waals surface area contributed by atoms with Crippen molar-refractivity contribution in [1.82, 2.24) is 0 Å². The minimum Gasteiger partial charge on any atom is -0.350 e. The molecule has 0 bridgehead atoms. The molecule has 0 aromatic rings. The molecule has 2 nitrogen and oxygen atoms in total. The summed E-state index contributed by atoms with van der Waals surface area (Å²) in [7, 11) is 0. The maximum Gasteiger partial charge on any atom is 0.168 e. The number of rotatable bonds is 0. The summed E-state index contributed by atoms with van der Waals surface area (Å²) in [5, 5.41) is 0. The normalized spacial score (nSPS) is 31.4. The Morgan fingerprint density at radius 2 is 1.64 bits per heavy atom. The van der Waals surface area contributed by atoms with Gasteiger partial charge in [0.15, 0.2) is 5.79 Å². The summed E-state index contributed by atoms with van der Waals surface area (Å²) in [6.45, 7) is 6.97. The highest BCUT2D eigenvalue weighted by atomic mass is 16.7. The molecule has 2 aliphatic rings. The Bertz CT molecular complexity index is 128. The van der Waals surface area contributed by atoms with Crippen LogP contribution in [-0.4, -0.2) is 19.0 Å². The van der Waals surface area contributed by atoms with E-state index in [0.717, 1.165) is 12.8 Å². The van der Waals surface area contributed by atoms with E-state index in [1.54, 1.807) is 0 Å². The van der Waals surface area contributed by atoms with Gasteiger partial charge in [-0.15, -0.1) is 0 Å². The quantitative estimate of drug-likeness (QED) is 0.528. The van der Waals surface area contributed by atoms with E-state index in [1.807, 2.05) is 0 Å². The molecular formula is C9H14O2. The Hall–Kier alpha value is -0.0800. The summed E-state index contributed by atoms with van der Waals surface area (Å²) < 4.78 is 11.2. The SMILES string of the molecule is [CH]C1COC2(CCCC2)OC1. The number of hydrogen-bond acceptors (Lipinski definition) is 2. The second-order valence-corrected chi connectivity index (χ2v) is 3.50. The second-order valence-electron chi connectivity index (χ2n) is 3.50. The van der Waals surface area contributed by atoms with E-state index >= 15 is 0 Å². The lowest BCUT2D eigenvalue weighted by Gasteiger charge is -2.36. The third kappa shape index (κ3) is 1.42. The lowest BCUT2D eigenvalue weighted by molar-refractivity contribution is -0.273. The largest absolute Gasteiger partial charge is 0.350 e. The lowest BCUT2D eigenvalue weighted by Crippen LogP contribution is -2.41. The van der Waals surface area contributed by atoms with Gasteiger partial charge in [-0.05, 0) is 19.8 Å². The molecule has 1 spiro atoms. The number of hydrogen-bond donors (Lipinski definition) is 0. The fourth-order valence-corrected chi connectivity index (χ4v) is 1.81. The zero-order valence-electron chi connectivity index (χ0n) is 6.71. The van der Waals surface area contributed by atoms with Gasteiger partial charge in [0.1, 0.15) is 0 Å². The lowest BCUT2D eigenvalue weighted by atomic mass is 10.1. The Labute approximate surface area is 67.9 Å². The summed E-state index contributed by atoms with van der Waals surface area (Å²) in [5.74, 6) is -0.142. The summed E-state index contributed by atoms with van der Waals surface area (Å²) >= 11 is 0. The molecule has 2 radical (unpaired) electrons. The zero-order valence-corrected chi connectivity index (χ0v) is 6.71. The van der Waals surface area contributed by atoms with Crippen LogP contribution in [0.4, 0.5) is 0 Å². The van der Waals surface area contributed by atoms with E-state index in [0.29, 0.717) is 13.2 Å². The molecule has 2 heteroatoms. The number of ether oxygens (including phenoxy) is 2. The molecule has 0 aromatic carbocycles. The maximum atomic E-state index is 5.64. The zero-order chi connectivity index (χ0) is 7.73. The first-order valence-electron chi connectivity index (χ1n) is 4.34. The monoisotopic (exact) mass is 154 g/mol. The Balaban J connectivity index is 1.94. The van der Waals surface area contributed by atoms with Crippen molar-refractivity contribution in [2.45, 2.75) is 31.5 Å². The maximum absolute atomic E-state index is 5.64. The fourth-order valence-electron chi connectivity index (χ4n) is 1.81. The van der Waals surface area contributed by atoms with E-state index < -0.39 is 0 Å². The van der Waals surface area contributed by atoms with Gasteiger partial charge < -0.3 is 9.47 Å². The average molecular weight is 154 g/mol. The van der Waals surface area contributed by atoms with E-state index in [1.165, 1.54) is 12.8 Å². The van der Waals surface area contributed by atoms with Gasteiger partial charge in [-0.3, -0.25) is 0 Å². The minimum atomic E-state index is -0.226. The van der Waals surface area contributed by atoms with Gasteiger partial charge in [-0.25, -0.2) is 0 Å². The Kier molecular flexibility index (Phi) is 1.90. The van der Waals surface area contributed by atoms with Crippen LogP contribution in [0.15, 0.2) is 0 Å². The molecule has 1 aliphatic carbocycles. The van der Waals surface area contributed by atoms with Crippen LogP contribution < -0.4 is 0 Å². The predicted molar refractivity (Wildman–Crippen MR) is 40.9 cm³/mol. The van der Waals surface area contributed by atoms with Gasteiger partial charge in [-0.2, -0.15) is 0 Å². The van der Waals surface area contributed by atoms with Gasteiger partial charge in [-0.1, -0.05) is 0 Å². The summed E-state index contributed by atoms with van der Waals surface area (Å²) in [6, 6.07) is 0. The van der Waals surface area contributed by atoms with Gasteiger partial charge in [0.25, 0.3) is 0 Å². The molecule has 1 aliphatic heterocycles. The molecule has 1 saturated heterocycles. The third-order valence-electron chi connectivity index (χ3n) is 2.49. The van der Waals surface area contributed by atoms with E-state index in [-0.39, 0.29) is 11.7 Å². The summed E-state index contributed by atoms with van der Waals surface area (Å²) in [4.78, 5) is 0. The van der Waals surface area contributed by atoms with Crippen molar-refractivity contribution in [3.63, 3.8) is 0 Å². The fraction of sp³-hybridized carbons (Fsp3) is 0.889. The van der Waals surface area contributed by atoms with Crippen LogP contribution in [0.25, 0.3) is 0 Å². The molecule has 0 N–H and O–H groups in total. The molecule has 1 saturated carbocycles. The molecule has 1 heterocycles. The molecule has 11 heavy (non-hydrogen) atoms. The van der Waals surface area contributed by atoms with Crippen LogP contribution in [-0.2, 0) is 9.47 Å². The second kappa shape index (κ2) is 2.76. The van der Waals surface area contributed by atoms with Crippen molar-refractivity contribution >= 4 is 0 Å². The van der Waals surface area contributed by atoms with Gasteiger partial charge >= 0.3 is 0 Å². The van der Waals surface area contributed by atoms with Crippen LogP contribution in [0.3, 0.4) is 0 Å². The van der Waals surface area contributed by atoms with Crippen molar-refractivity contribution < 1.29 is 9.47 Å². The van der Waals surface area contributed by atoms with Crippen molar-refractivity contribution in [3.05, 3.63) is 6.92 Å². The highest BCUT2D eigenvalue weighted by Crippen LogP contribution is 2.37. The van der Waals surface area contributed by atoms with Crippen molar-refractivity contribution in [1.29, 1.82) is 0 Å². The van der Waals surface area contributed by atoms with Gasteiger partial charge in [0.05, 0.1) is 13.2 Å². The first-order chi connectivity index (χ1) is 5.31. The predicted octanol–water partition coefficient (Wildman–Crippen LogP) is 1.63. The molecule has 2 fully saturated rings. The first kappa shape index (κ1) is 7.56. The van der Waals surface area contributed by atoms with Crippen molar-refractivity contribution in [2.24, 2.45) is 5.92 Å². The van der Waals surface area contributed by atoms with Crippen LogP contribution in [0.5, 0.6) is 0 Å². The van der Waals surface area contributed by atoms with E-state index in [4.69, 9.17) is 16.4 Å². The van der Waals surface area contributed by atoms with E-state index in [2.05, 4.69) is 0 Å². The van der Waals surface area contributed by atoms with Gasteiger partial charge in [0.2, 0.25) is 0 Å². The van der Waals surface area contributed by atoms with Crippen molar-refractivity contribution in [3.8, 4) is 0 Å². The smallest absolute Gasteiger partial charge is 0.168 e.